The van der Waals surface area contributed by atoms with E-state index >= 15 is 0 Å². The maximum Gasteiger partial charge on any atom is 0.0488 e. The number of fused-ring (bicyclic) bond motifs is 1. The van der Waals surface area contributed by atoms with Crippen molar-refractivity contribution < 1.29 is 4.74 Å². The van der Waals surface area contributed by atoms with E-state index in [1.807, 2.05) is 19.3 Å². The van der Waals surface area contributed by atoms with Gasteiger partial charge in [0.05, 0.1) is 0 Å². The van der Waals surface area contributed by atoms with Crippen molar-refractivity contribution in [1.29, 1.82) is 0 Å². The number of pyridine rings is 1. The molecule has 0 amide bonds. The van der Waals surface area contributed by atoms with E-state index in [-0.39, 0.29) is 0 Å². The number of ether oxygens (including phenoxy) is 1. The zero-order chi connectivity index (χ0) is 15.0. The van der Waals surface area contributed by atoms with E-state index in [0.29, 0.717) is 11.8 Å². The van der Waals surface area contributed by atoms with Crippen molar-refractivity contribution in [3.05, 3.63) is 42.2 Å². The lowest BCUT2D eigenvalue weighted by atomic mass is 9.97. The molecule has 0 atom stereocenters. The Bertz CT molecular complexity index is 500. The summed E-state index contributed by atoms with van der Waals surface area (Å²) in [4.78, 5) is 4.11. The Hall–Kier alpha value is -1.41. The maximum atomic E-state index is 5.09. The molecule has 1 heterocycles. The number of aromatic nitrogens is 1. The molecule has 0 aliphatic carbocycles. The van der Waals surface area contributed by atoms with Crippen LogP contribution in [0.25, 0.3) is 10.8 Å². The van der Waals surface area contributed by atoms with Gasteiger partial charge in [0.15, 0.2) is 0 Å². The van der Waals surface area contributed by atoms with Gasteiger partial charge in [0.2, 0.25) is 0 Å². The highest BCUT2D eigenvalue weighted by Gasteiger charge is 2.03. The van der Waals surface area contributed by atoms with Crippen molar-refractivity contribution in [2.24, 2.45) is 5.92 Å². The van der Waals surface area contributed by atoms with Gasteiger partial charge in [-0.25, -0.2) is 0 Å². The molecule has 0 saturated heterocycles. The molecule has 0 aliphatic rings. The lowest BCUT2D eigenvalue weighted by molar-refractivity contribution is 0.122. The standard InChI is InChI=1S/C12H13N.C6H14O/c1-9(2)11-5-3-4-10-8-13-7-6-12(10)11;1-4-7-5-6(2)3/h3-9H,1-2H3;6H,4-5H2,1-3H3. The van der Waals surface area contributed by atoms with Gasteiger partial charge in [-0.15, -0.1) is 0 Å². The van der Waals surface area contributed by atoms with Crippen LogP contribution in [0.3, 0.4) is 0 Å². The van der Waals surface area contributed by atoms with Crippen molar-refractivity contribution in [1.82, 2.24) is 4.98 Å². The molecule has 2 heteroatoms. The van der Waals surface area contributed by atoms with Gasteiger partial charge in [0.1, 0.15) is 0 Å². The average Bonchev–Trinajstić information content (AvgIpc) is 2.45. The van der Waals surface area contributed by atoms with Crippen LogP contribution in [-0.4, -0.2) is 18.2 Å². The van der Waals surface area contributed by atoms with Gasteiger partial charge in [-0.2, -0.15) is 0 Å². The molecule has 2 rings (SSSR count). The minimum absolute atomic E-state index is 0.575. The molecule has 0 fully saturated rings. The summed E-state index contributed by atoms with van der Waals surface area (Å²) in [6.45, 7) is 12.5. The van der Waals surface area contributed by atoms with Crippen molar-refractivity contribution in [3.8, 4) is 0 Å². The maximum absolute atomic E-state index is 5.09. The highest BCUT2D eigenvalue weighted by atomic mass is 16.5. The van der Waals surface area contributed by atoms with E-state index in [9.17, 15) is 0 Å². The Morgan fingerprint density at radius 1 is 1.10 bits per heavy atom. The highest BCUT2D eigenvalue weighted by Crippen LogP contribution is 2.23. The van der Waals surface area contributed by atoms with Crippen molar-refractivity contribution in [2.75, 3.05) is 13.2 Å². The molecule has 0 spiro atoms. The van der Waals surface area contributed by atoms with Gasteiger partial charge in [-0.1, -0.05) is 45.9 Å². The van der Waals surface area contributed by atoms with Gasteiger partial charge in [0, 0.05) is 31.0 Å². The Balaban J connectivity index is 0.000000246. The first-order chi connectivity index (χ1) is 9.56. The first-order valence-electron chi connectivity index (χ1n) is 7.46. The molecule has 0 bridgehead atoms. The van der Waals surface area contributed by atoms with Crippen molar-refractivity contribution >= 4 is 10.8 Å². The van der Waals surface area contributed by atoms with Crippen LogP contribution < -0.4 is 0 Å². The predicted molar refractivity (Wildman–Crippen MR) is 87.2 cm³/mol. The van der Waals surface area contributed by atoms with Crippen LogP contribution in [0.4, 0.5) is 0 Å². The minimum Gasteiger partial charge on any atom is -0.381 e. The average molecular weight is 273 g/mol. The topological polar surface area (TPSA) is 22.1 Å². The van der Waals surface area contributed by atoms with Gasteiger partial charge >= 0.3 is 0 Å². The molecular formula is C18H27NO. The first-order valence-corrected chi connectivity index (χ1v) is 7.46. The number of hydrogen-bond acceptors (Lipinski definition) is 2. The summed E-state index contributed by atoms with van der Waals surface area (Å²) in [6, 6.07) is 8.48. The molecule has 2 nitrogen and oxygen atoms in total. The van der Waals surface area contributed by atoms with E-state index in [2.05, 4.69) is 56.9 Å². The summed E-state index contributed by atoms with van der Waals surface area (Å²) in [7, 11) is 0. The molecular weight excluding hydrogens is 246 g/mol. The summed E-state index contributed by atoms with van der Waals surface area (Å²) in [6.07, 6.45) is 3.77. The van der Waals surface area contributed by atoms with Crippen molar-refractivity contribution in [3.63, 3.8) is 0 Å². The summed E-state index contributed by atoms with van der Waals surface area (Å²) in [5, 5.41) is 2.56. The zero-order valence-electron chi connectivity index (χ0n) is 13.4. The quantitative estimate of drug-likeness (QED) is 0.778. The largest absolute Gasteiger partial charge is 0.381 e. The molecule has 0 aliphatic heterocycles. The van der Waals surface area contributed by atoms with E-state index < -0.39 is 0 Å². The third-order valence-electron chi connectivity index (χ3n) is 2.99. The second-order valence-electron chi connectivity index (χ2n) is 5.65. The fraction of sp³-hybridized carbons (Fsp3) is 0.500. The van der Waals surface area contributed by atoms with Crippen LogP contribution in [0.15, 0.2) is 36.7 Å². The molecule has 0 N–H and O–H groups in total. The van der Waals surface area contributed by atoms with Crippen LogP contribution in [0.1, 0.15) is 46.1 Å². The smallest absolute Gasteiger partial charge is 0.0488 e. The summed E-state index contributed by atoms with van der Waals surface area (Å²) in [5.74, 6) is 1.26. The van der Waals surface area contributed by atoms with Crippen LogP contribution in [0.5, 0.6) is 0 Å². The summed E-state index contributed by atoms with van der Waals surface area (Å²) >= 11 is 0. The SMILES string of the molecule is CC(C)c1cccc2cnccc12.CCOCC(C)C. The van der Waals surface area contributed by atoms with Crippen LogP contribution >= 0.6 is 0 Å². The lowest BCUT2D eigenvalue weighted by Gasteiger charge is -2.08. The lowest BCUT2D eigenvalue weighted by Crippen LogP contribution is -2.00. The van der Waals surface area contributed by atoms with E-state index in [1.165, 1.54) is 16.3 Å². The second-order valence-corrected chi connectivity index (χ2v) is 5.65. The zero-order valence-corrected chi connectivity index (χ0v) is 13.4. The highest BCUT2D eigenvalue weighted by molar-refractivity contribution is 5.85. The van der Waals surface area contributed by atoms with Gasteiger partial charge in [-0.05, 0) is 35.8 Å². The minimum atomic E-state index is 0.575. The van der Waals surface area contributed by atoms with Crippen LogP contribution in [0, 0.1) is 5.92 Å². The Morgan fingerprint density at radius 3 is 2.40 bits per heavy atom. The van der Waals surface area contributed by atoms with E-state index in [0.717, 1.165) is 13.2 Å². The first kappa shape index (κ1) is 16.6. The van der Waals surface area contributed by atoms with Crippen molar-refractivity contribution in [2.45, 2.75) is 40.5 Å². The second kappa shape index (κ2) is 8.70. The molecule has 1 aromatic carbocycles. The molecule has 20 heavy (non-hydrogen) atoms. The number of nitrogens with zero attached hydrogens (tertiary/aromatic N) is 1. The van der Waals surface area contributed by atoms with Gasteiger partial charge in [0.25, 0.3) is 0 Å². The molecule has 110 valence electrons. The fourth-order valence-electron chi connectivity index (χ4n) is 2.00. The van der Waals surface area contributed by atoms with E-state index in [4.69, 9.17) is 4.74 Å². The Kier molecular flexibility index (Phi) is 7.24. The third kappa shape index (κ3) is 5.30. The normalized spacial score (nSPS) is 10.8. The predicted octanol–water partition coefficient (Wildman–Crippen LogP) is 5.04. The number of hydrogen-bond donors (Lipinski definition) is 0. The Labute approximate surface area is 123 Å². The van der Waals surface area contributed by atoms with Crippen LogP contribution in [0.2, 0.25) is 0 Å². The van der Waals surface area contributed by atoms with Gasteiger partial charge < -0.3 is 4.74 Å². The summed E-state index contributed by atoms with van der Waals surface area (Å²) < 4.78 is 5.09. The van der Waals surface area contributed by atoms with E-state index in [1.54, 1.807) is 0 Å². The monoisotopic (exact) mass is 273 g/mol. The molecule has 0 unspecified atom stereocenters. The fourth-order valence-corrected chi connectivity index (χ4v) is 2.00. The molecule has 0 saturated carbocycles. The third-order valence-corrected chi connectivity index (χ3v) is 2.99. The molecule has 1 aromatic heterocycles. The molecule has 2 aromatic rings. The van der Waals surface area contributed by atoms with Gasteiger partial charge in [-0.3, -0.25) is 4.98 Å². The number of benzene rings is 1. The Morgan fingerprint density at radius 2 is 1.85 bits per heavy atom. The number of rotatable bonds is 4. The summed E-state index contributed by atoms with van der Waals surface area (Å²) in [5.41, 5.74) is 1.40. The van der Waals surface area contributed by atoms with Crippen LogP contribution in [-0.2, 0) is 4.74 Å². The molecule has 0 radical (unpaired) electrons.